The molecule has 0 unspecified atom stereocenters. The molecule has 0 heterocycles. The summed E-state index contributed by atoms with van der Waals surface area (Å²) < 4.78 is 0. The predicted octanol–water partition coefficient (Wildman–Crippen LogP) is 2.80. The second-order valence-corrected chi connectivity index (χ2v) is 3.08. The maximum absolute atomic E-state index is 5.75. The largest absolute Gasteiger partial charge is 0.279 e. The number of hydroxylamine groups is 1. The molecule has 0 spiro atoms. The van der Waals surface area contributed by atoms with Crippen LogP contribution in [0.4, 0.5) is 5.69 Å². The lowest BCUT2D eigenvalue weighted by molar-refractivity contribution is 0.148. The summed E-state index contributed by atoms with van der Waals surface area (Å²) in [5.74, 6) is 0. The Morgan fingerprint density at radius 3 is 2.46 bits per heavy atom. The van der Waals surface area contributed by atoms with Gasteiger partial charge in [-0.05, 0) is 18.2 Å². The van der Waals surface area contributed by atoms with E-state index in [2.05, 4.69) is 15.3 Å². The molecule has 0 atom stereocenters. The van der Waals surface area contributed by atoms with Gasteiger partial charge in [0.25, 0.3) is 0 Å². The van der Waals surface area contributed by atoms with E-state index in [1.807, 2.05) is 0 Å². The summed E-state index contributed by atoms with van der Waals surface area (Å²) in [6.45, 7) is 0. The van der Waals surface area contributed by atoms with Crippen LogP contribution in [0.3, 0.4) is 0 Å². The van der Waals surface area contributed by atoms with Gasteiger partial charge in [0.05, 0.1) is 12.8 Å². The van der Waals surface area contributed by atoms with E-state index in [-0.39, 0.29) is 0 Å². The topological polar surface area (TPSA) is 33.6 Å². The van der Waals surface area contributed by atoms with Gasteiger partial charge in [-0.15, -0.1) is 0 Å². The van der Waals surface area contributed by atoms with Crippen molar-refractivity contribution in [2.75, 3.05) is 7.11 Å². The average Bonchev–Trinajstić information content (AvgIpc) is 2.03. The molecule has 0 aromatic heterocycles. The lowest BCUT2D eigenvalue weighted by Crippen LogP contribution is -2.06. The fourth-order valence-corrected chi connectivity index (χ4v) is 1.28. The van der Waals surface area contributed by atoms with Gasteiger partial charge in [-0.25, -0.2) is 4.99 Å². The minimum atomic E-state index is 0.553. The molecule has 1 aromatic rings. The minimum Gasteiger partial charge on any atom is -0.279 e. The molecule has 0 bridgehead atoms. The Morgan fingerprint density at radius 2 is 1.92 bits per heavy atom. The van der Waals surface area contributed by atoms with E-state index >= 15 is 0 Å². The number of rotatable bonds is 3. The van der Waals surface area contributed by atoms with Gasteiger partial charge in [0.1, 0.15) is 6.34 Å². The minimum absolute atomic E-state index is 0.553. The van der Waals surface area contributed by atoms with Gasteiger partial charge < -0.3 is 0 Å². The highest BCUT2D eigenvalue weighted by molar-refractivity contribution is 6.35. The molecular weight excluding hydrogens is 211 g/mol. The van der Waals surface area contributed by atoms with Crippen molar-refractivity contribution in [3.63, 3.8) is 0 Å². The molecule has 1 N–H and O–H groups in total. The number of nitrogens with one attached hydrogen (secondary N) is 1. The van der Waals surface area contributed by atoms with Crippen LogP contribution < -0.4 is 5.48 Å². The Kier molecular flexibility index (Phi) is 4.02. The molecule has 70 valence electrons. The van der Waals surface area contributed by atoms with Crippen LogP contribution in [0.2, 0.25) is 10.0 Å². The average molecular weight is 219 g/mol. The molecule has 0 aliphatic carbocycles. The highest BCUT2D eigenvalue weighted by Gasteiger charge is 1.94. The smallest absolute Gasteiger partial charge is 0.113 e. The monoisotopic (exact) mass is 218 g/mol. The first kappa shape index (κ1) is 10.3. The van der Waals surface area contributed by atoms with Gasteiger partial charge in [-0.1, -0.05) is 23.2 Å². The summed E-state index contributed by atoms with van der Waals surface area (Å²) in [6, 6.07) is 5.04. The zero-order chi connectivity index (χ0) is 9.68. The van der Waals surface area contributed by atoms with Crippen molar-refractivity contribution in [3.05, 3.63) is 28.2 Å². The Bertz CT molecular complexity index is 295. The van der Waals surface area contributed by atoms with Crippen molar-refractivity contribution in [1.82, 2.24) is 5.48 Å². The van der Waals surface area contributed by atoms with E-state index in [0.29, 0.717) is 15.7 Å². The third kappa shape index (κ3) is 3.63. The molecule has 0 fully saturated rings. The van der Waals surface area contributed by atoms with E-state index in [0.717, 1.165) is 0 Å². The molecule has 3 nitrogen and oxygen atoms in total. The standard InChI is InChI=1S/C8H8Cl2N2O/c1-13-12-5-11-8-3-6(9)2-7(10)4-8/h2-5H,1H3,(H,11,12). The van der Waals surface area contributed by atoms with Crippen LogP contribution in [0.25, 0.3) is 0 Å². The summed E-state index contributed by atoms with van der Waals surface area (Å²) in [4.78, 5) is 8.55. The summed E-state index contributed by atoms with van der Waals surface area (Å²) in [7, 11) is 1.50. The molecule has 1 aromatic carbocycles. The molecule has 0 aliphatic heterocycles. The third-order valence-corrected chi connectivity index (χ3v) is 1.67. The van der Waals surface area contributed by atoms with Crippen LogP contribution in [-0.2, 0) is 4.84 Å². The summed E-state index contributed by atoms with van der Waals surface area (Å²) in [5, 5.41) is 1.11. The zero-order valence-electron chi connectivity index (χ0n) is 6.92. The molecule has 0 saturated carbocycles. The fraction of sp³-hybridized carbons (Fsp3) is 0.125. The van der Waals surface area contributed by atoms with E-state index < -0.39 is 0 Å². The van der Waals surface area contributed by atoms with Crippen molar-refractivity contribution < 1.29 is 4.84 Å². The number of nitrogens with zero attached hydrogens (tertiary/aromatic N) is 1. The highest BCUT2D eigenvalue weighted by Crippen LogP contribution is 2.23. The van der Waals surface area contributed by atoms with E-state index in [4.69, 9.17) is 23.2 Å². The predicted molar refractivity (Wildman–Crippen MR) is 54.8 cm³/mol. The zero-order valence-corrected chi connectivity index (χ0v) is 8.43. The molecule has 0 aliphatic rings. The van der Waals surface area contributed by atoms with E-state index in [1.165, 1.54) is 13.4 Å². The third-order valence-electron chi connectivity index (χ3n) is 1.23. The number of hydrogen-bond acceptors (Lipinski definition) is 2. The lowest BCUT2D eigenvalue weighted by Gasteiger charge is -1.97. The molecule has 1 rings (SSSR count). The molecule has 0 amide bonds. The Morgan fingerprint density at radius 1 is 1.31 bits per heavy atom. The van der Waals surface area contributed by atoms with Gasteiger partial charge >= 0.3 is 0 Å². The van der Waals surface area contributed by atoms with Crippen molar-refractivity contribution in [1.29, 1.82) is 0 Å². The van der Waals surface area contributed by atoms with Crippen LogP contribution in [0, 0.1) is 0 Å². The highest BCUT2D eigenvalue weighted by atomic mass is 35.5. The molecule has 0 saturated heterocycles. The molecule has 13 heavy (non-hydrogen) atoms. The van der Waals surface area contributed by atoms with Gasteiger partial charge in [0.15, 0.2) is 0 Å². The van der Waals surface area contributed by atoms with E-state index in [9.17, 15) is 0 Å². The fourth-order valence-electron chi connectivity index (χ4n) is 0.767. The van der Waals surface area contributed by atoms with Crippen molar-refractivity contribution >= 4 is 35.2 Å². The maximum atomic E-state index is 5.75. The number of halogens is 2. The SMILES string of the molecule is CONC=Nc1cc(Cl)cc(Cl)c1. The second kappa shape index (κ2) is 5.07. The number of aliphatic imine (C=N–C) groups is 1. The maximum Gasteiger partial charge on any atom is 0.113 e. The van der Waals surface area contributed by atoms with Gasteiger partial charge in [-0.3, -0.25) is 10.3 Å². The van der Waals surface area contributed by atoms with Gasteiger partial charge in [0, 0.05) is 10.0 Å². The molecule has 0 radical (unpaired) electrons. The second-order valence-electron chi connectivity index (χ2n) is 2.21. The van der Waals surface area contributed by atoms with Crippen LogP contribution in [0.1, 0.15) is 0 Å². The van der Waals surface area contributed by atoms with Crippen LogP contribution >= 0.6 is 23.2 Å². The van der Waals surface area contributed by atoms with Gasteiger partial charge in [0.2, 0.25) is 0 Å². The van der Waals surface area contributed by atoms with Crippen molar-refractivity contribution in [3.8, 4) is 0 Å². The van der Waals surface area contributed by atoms with Crippen LogP contribution in [0.15, 0.2) is 23.2 Å². The van der Waals surface area contributed by atoms with Crippen LogP contribution in [0.5, 0.6) is 0 Å². The Labute approximate surface area is 86.3 Å². The first-order valence-corrected chi connectivity index (χ1v) is 4.25. The van der Waals surface area contributed by atoms with Crippen LogP contribution in [-0.4, -0.2) is 13.4 Å². The summed E-state index contributed by atoms with van der Waals surface area (Å²) in [5.41, 5.74) is 3.13. The normalized spacial score (nSPS) is 10.7. The lowest BCUT2D eigenvalue weighted by atomic mass is 10.3. The molecular formula is C8H8Cl2N2O. The number of benzene rings is 1. The molecule has 5 heteroatoms. The van der Waals surface area contributed by atoms with Gasteiger partial charge in [-0.2, -0.15) is 0 Å². The number of hydrogen-bond donors (Lipinski definition) is 1. The summed E-state index contributed by atoms with van der Waals surface area (Å²) >= 11 is 11.5. The van der Waals surface area contributed by atoms with E-state index in [1.54, 1.807) is 18.2 Å². The van der Waals surface area contributed by atoms with Crippen molar-refractivity contribution in [2.45, 2.75) is 0 Å². The quantitative estimate of drug-likeness (QED) is 0.481. The first-order chi connectivity index (χ1) is 6.22. The van der Waals surface area contributed by atoms with Crippen molar-refractivity contribution in [2.24, 2.45) is 4.99 Å². The Balaban J connectivity index is 2.77. The Hall–Kier alpha value is -0.770. The first-order valence-electron chi connectivity index (χ1n) is 3.49. The summed E-state index contributed by atoms with van der Waals surface area (Å²) in [6.07, 6.45) is 1.40.